The zero-order valence-electron chi connectivity index (χ0n) is 9.06. The number of thiazole rings is 1. The molecule has 1 amide bonds. The molecule has 2 heterocycles. The minimum absolute atomic E-state index is 0.154. The second kappa shape index (κ2) is 5.77. The number of alkyl halides is 1. The first kappa shape index (κ1) is 12.0. The van der Waals surface area contributed by atoms with E-state index in [-0.39, 0.29) is 5.91 Å². The van der Waals surface area contributed by atoms with Crippen LogP contribution in [0.25, 0.3) is 0 Å². The lowest BCUT2D eigenvalue weighted by atomic mass is 9.95. The number of carbonyl (C=O) groups is 1. The quantitative estimate of drug-likeness (QED) is 0.805. The highest BCUT2D eigenvalue weighted by Gasteiger charge is 2.24. The Kier molecular flexibility index (Phi) is 4.35. The lowest BCUT2D eigenvalue weighted by Crippen LogP contribution is -2.39. The molecule has 88 valence electrons. The van der Waals surface area contributed by atoms with Gasteiger partial charge in [0.1, 0.15) is 4.88 Å². The van der Waals surface area contributed by atoms with Crippen LogP contribution in [0.5, 0.6) is 0 Å². The van der Waals surface area contributed by atoms with Gasteiger partial charge in [0, 0.05) is 18.4 Å². The molecule has 0 spiro atoms. The molecule has 3 nitrogen and oxygen atoms in total. The van der Waals surface area contributed by atoms with Gasteiger partial charge in [0.05, 0.1) is 11.7 Å². The van der Waals surface area contributed by atoms with Crippen molar-refractivity contribution in [3.05, 3.63) is 16.6 Å². The van der Waals surface area contributed by atoms with Crippen LogP contribution in [0.4, 0.5) is 0 Å². The molecule has 2 rings (SSSR count). The van der Waals surface area contributed by atoms with E-state index in [1.807, 2.05) is 4.90 Å². The first-order chi connectivity index (χ1) is 7.81. The number of hydrogen-bond acceptors (Lipinski definition) is 3. The average Bonchev–Trinajstić information content (AvgIpc) is 2.82. The van der Waals surface area contributed by atoms with Crippen molar-refractivity contribution < 1.29 is 4.79 Å². The summed E-state index contributed by atoms with van der Waals surface area (Å²) in [4.78, 5) is 18.8. The van der Waals surface area contributed by atoms with Crippen molar-refractivity contribution in [2.45, 2.75) is 19.3 Å². The van der Waals surface area contributed by atoms with Gasteiger partial charge in [-0.1, -0.05) is 15.9 Å². The molecule has 16 heavy (non-hydrogen) atoms. The Morgan fingerprint density at radius 1 is 1.69 bits per heavy atom. The normalized spacial score (nSPS) is 21.1. The Bertz CT molecular complexity index is 340. The number of hydrogen-bond donors (Lipinski definition) is 0. The Balaban J connectivity index is 1.96. The van der Waals surface area contributed by atoms with E-state index in [0.717, 1.165) is 36.1 Å². The molecule has 1 aromatic heterocycles. The number of aromatic nitrogens is 1. The second-order valence-corrected chi connectivity index (χ2v) is 5.78. The number of carbonyl (C=O) groups excluding carboxylic acids is 1. The van der Waals surface area contributed by atoms with Crippen LogP contribution in [-0.2, 0) is 0 Å². The number of piperidine rings is 1. The van der Waals surface area contributed by atoms with Crippen LogP contribution in [0, 0.1) is 5.92 Å². The summed E-state index contributed by atoms with van der Waals surface area (Å²) in [5, 5.41) is 1.03. The van der Waals surface area contributed by atoms with Gasteiger partial charge in [-0.3, -0.25) is 9.78 Å². The molecule has 1 atom stereocenters. The summed E-state index contributed by atoms with van der Waals surface area (Å²) in [6, 6.07) is 0. The van der Waals surface area contributed by atoms with Crippen LogP contribution in [0.3, 0.4) is 0 Å². The molecule has 0 aliphatic carbocycles. The SMILES string of the molecule is O=C(c1cncs1)N1CCCC(CCBr)C1. The Hall–Kier alpha value is -0.420. The predicted octanol–water partition coefficient (Wildman–Crippen LogP) is 2.78. The van der Waals surface area contributed by atoms with Crippen LogP contribution in [0.2, 0.25) is 0 Å². The first-order valence-electron chi connectivity index (χ1n) is 5.55. The molecule has 1 aliphatic rings. The summed E-state index contributed by atoms with van der Waals surface area (Å²) < 4.78 is 0. The van der Waals surface area contributed by atoms with Gasteiger partial charge < -0.3 is 4.90 Å². The van der Waals surface area contributed by atoms with E-state index in [1.54, 1.807) is 11.7 Å². The predicted molar refractivity (Wildman–Crippen MR) is 69.2 cm³/mol. The highest BCUT2D eigenvalue weighted by atomic mass is 79.9. The van der Waals surface area contributed by atoms with Crippen molar-refractivity contribution in [1.29, 1.82) is 0 Å². The molecular weight excluding hydrogens is 288 g/mol. The topological polar surface area (TPSA) is 33.2 Å². The zero-order chi connectivity index (χ0) is 11.4. The molecule has 1 aliphatic heterocycles. The van der Waals surface area contributed by atoms with Gasteiger partial charge in [-0.15, -0.1) is 11.3 Å². The number of rotatable bonds is 3. The zero-order valence-corrected chi connectivity index (χ0v) is 11.5. The first-order valence-corrected chi connectivity index (χ1v) is 7.55. The molecule has 1 unspecified atom stereocenters. The van der Waals surface area contributed by atoms with Crippen LogP contribution in [-0.4, -0.2) is 34.2 Å². The third-order valence-corrected chi connectivity index (χ3v) is 4.19. The van der Waals surface area contributed by atoms with E-state index in [9.17, 15) is 4.79 Å². The van der Waals surface area contributed by atoms with E-state index in [1.165, 1.54) is 17.8 Å². The summed E-state index contributed by atoms with van der Waals surface area (Å²) >= 11 is 4.90. The van der Waals surface area contributed by atoms with Gasteiger partial charge >= 0.3 is 0 Å². The van der Waals surface area contributed by atoms with E-state index in [4.69, 9.17) is 0 Å². The van der Waals surface area contributed by atoms with E-state index in [0.29, 0.717) is 5.92 Å². The third-order valence-electron chi connectivity index (χ3n) is 2.97. The van der Waals surface area contributed by atoms with Gasteiger partial charge in [0.2, 0.25) is 0 Å². The summed E-state index contributed by atoms with van der Waals surface area (Å²) in [5.41, 5.74) is 1.72. The second-order valence-electron chi connectivity index (χ2n) is 4.10. The van der Waals surface area contributed by atoms with Crippen molar-refractivity contribution in [2.75, 3.05) is 18.4 Å². The molecule has 0 saturated carbocycles. The monoisotopic (exact) mass is 302 g/mol. The minimum atomic E-state index is 0.154. The summed E-state index contributed by atoms with van der Waals surface area (Å²) in [6.07, 6.45) is 5.20. The highest BCUT2D eigenvalue weighted by molar-refractivity contribution is 9.09. The van der Waals surface area contributed by atoms with Gasteiger partial charge in [-0.05, 0) is 25.2 Å². The summed E-state index contributed by atoms with van der Waals surface area (Å²) in [7, 11) is 0. The average molecular weight is 303 g/mol. The molecular formula is C11H15BrN2OS. The van der Waals surface area contributed by atoms with E-state index >= 15 is 0 Å². The third kappa shape index (κ3) is 2.83. The van der Waals surface area contributed by atoms with Gasteiger partial charge in [0.15, 0.2) is 0 Å². The number of amides is 1. The minimum Gasteiger partial charge on any atom is -0.338 e. The molecule has 0 radical (unpaired) electrons. The largest absolute Gasteiger partial charge is 0.338 e. The molecule has 0 N–H and O–H groups in total. The van der Waals surface area contributed by atoms with Crippen LogP contribution >= 0.6 is 27.3 Å². The number of nitrogens with zero attached hydrogens (tertiary/aromatic N) is 2. The fourth-order valence-electron chi connectivity index (χ4n) is 2.12. The van der Waals surface area contributed by atoms with Crippen LogP contribution < -0.4 is 0 Å². The van der Waals surface area contributed by atoms with Crippen molar-refractivity contribution in [2.24, 2.45) is 5.92 Å². The number of halogens is 1. The van der Waals surface area contributed by atoms with Gasteiger partial charge in [-0.25, -0.2) is 0 Å². The fourth-order valence-corrected chi connectivity index (χ4v) is 3.35. The molecule has 1 fully saturated rings. The fraction of sp³-hybridized carbons (Fsp3) is 0.636. The molecule has 5 heteroatoms. The van der Waals surface area contributed by atoms with Gasteiger partial charge in [-0.2, -0.15) is 0 Å². The van der Waals surface area contributed by atoms with Crippen molar-refractivity contribution in [1.82, 2.24) is 9.88 Å². The Morgan fingerprint density at radius 3 is 3.25 bits per heavy atom. The molecule has 0 bridgehead atoms. The maximum absolute atomic E-state index is 12.1. The lowest BCUT2D eigenvalue weighted by Gasteiger charge is -2.32. The van der Waals surface area contributed by atoms with Crippen LogP contribution in [0.15, 0.2) is 11.7 Å². The number of likely N-dealkylation sites (tertiary alicyclic amines) is 1. The summed E-state index contributed by atoms with van der Waals surface area (Å²) in [5.74, 6) is 0.812. The van der Waals surface area contributed by atoms with E-state index in [2.05, 4.69) is 20.9 Å². The van der Waals surface area contributed by atoms with E-state index < -0.39 is 0 Å². The molecule has 0 aromatic carbocycles. The standard InChI is InChI=1S/C11H15BrN2OS/c12-4-3-9-2-1-5-14(7-9)11(15)10-6-13-8-16-10/h6,8-9H,1-5,7H2. The summed E-state index contributed by atoms with van der Waals surface area (Å²) in [6.45, 7) is 1.80. The Labute approximate surface area is 108 Å². The van der Waals surface area contributed by atoms with Crippen molar-refractivity contribution in [3.8, 4) is 0 Å². The highest BCUT2D eigenvalue weighted by Crippen LogP contribution is 2.22. The maximum Gasteiger partial charge on any atom is 0.265 e. The van der Waals surface area contributed by atoms with Crippen molar-refractivity contribution >= 4 is 33.2 Å². The lowest BCUT2D eigenvalue weighted by molar-refractivity contribution is 0.0676. The maximum atomic E-state index is 12.1. The molecule has 1 saturated heterocycles. The Morgan fingerprint density at radius 2 is 2.56 bits per heavy atom. The molecule has 1 aromatic rings. The smallest absolute Gasteiger partial charge is 0.265 e. The van der Waals surface area contributed by atoms with Crippen molar-refractivity contribution in [3.63, 3.8) is 0 Å². The van der Waals surface area contributed by atoms with Crippen LogP contribution in [0.1, 0.15) is 28.9 Å². The van der Waals surface area contributed by atoms with Gasteiger partial charge in [0.25, 0.3) is 5.91 Å².